The standard InChI is InChI=1S/C12H15ClO/c1-12(2)7-6-11(14-12)9-4-3-5-10(13)8-9/h3-5,8,11H,6-7H2,1-2H3. The molecule has 0 radical (unpaired) electrons. The highest BCUT2D eigenvalue weighted by Gasteiger charge is 2.32. The molecular weight excluding hydrogens is 196 g/mol. The number of ether oxygens (including phenoxy) is 1. The molecule has 0 aliphatic carbocycles. The third kappa shape index (κ3) is 2.10. The van der Waals surface area contributed by atoms with Gasteiger partial charge in [0.25, 0.3) is 0 Å². The molecule has 1 aliphatic rings. The predicted molar refractivity (Wildman–Crippen MR) is 58.6 cm³/mol. The summed E-state index contributed by atoms with van der Waals surface area (Å²) in [5, 5.41) is 0.788. The fraction of sp³-hybridized carbons (Fsp3) is 0.500. The van der Waals surface area contributed by atoms with Crippen LogP contribution in [-0.4, -0.2) is 5.60 Å². The van der Waals surface area contributed by atoms with E-state index in [1.54, 1.807) is 0 Å². The molecule has 0 aromatic heterocycles. The molecular formula is C12H15ClO. The topological polar surface area (TPSA) is 9.23 Å². The smallest absolute Gasteiger partial charge is 0.0833 e. The molecule has 1 nitrogen and oxygen atoms in total. The number of hydrogen-bond acceptors (Lipinski definition) is 1. The van der Waals surface area contributed by atoms with E-state index in [1.165, 1.54) is 5.56 Å². The first kappa shape index (κ1) is 10.0. The molecule has 0 spiro atoms. The molecule has 0 N–H and O–H groups in total. The Bertz CT molecular complexity index is 333. The minimum atomic E-state index is 0.0208. The van der Waals surface area contributed by atoms with Gasteiger partial charge >= 0.3 is 0 Å². The summed E-state index contributed by atoms with van der Waals surface area (Å²) < 4.78 is 5.93. The third-order valence-electron chi connectivity index (χ3n) is 2.69. The average Bonchev–Trinajstić information content (AvgIpc) is 2.46. The van der Waals surface area contributed by atoms with Crippen molar-refractivity contribution in [1.29, 1.82) is 0 Å². The van der Waals surface area contributed by atoms with E-state index in [2.05, 4.69) is 19.9 Å². The highest BCUT2D eigenvalue weighted by atomic mass is 35.5. The lowest BCUT2D eigenvalue weighted by molar-refractivity contribution is -0.0163. The number of hydrogen-bond donors (Lipinski definition) is 0. The maximum atomic E-state index is 5.94. The third-order valence-corrected chi connectivity index (χ3v) is 2.93. The van der Waals surface area contributed by atoms with Gasteiger partial charge in [0, 0.05) is 5.02 Å². The monoisotopic (exact) mass is 210 g/mol. The van der Waals surface area contributed by atoms with E-state index < -0.39 is 0 Å². The van der Waals surface area contributed by atoms with Gasteiger partial charge in [-0.1, -0.05) is 23.7 Å². The lowest BCUT2D eigenvalue weighted by Gasteiger charge is -2.19. The fourth-order valence-corrected chi connectivity index (χ4v) is 2.12. The lowest BCUT2D eigenvalue weighted by atomic mass is 10.0. The number of benzene rings is 1. The average molecular weight is 211 g/mol. The molecule has 2 rings (SSSR count). The minimum absolute atomic E-state index is 0.0208. The maximum absolute atomic E-state index is 5.94. The van der Waals surface area contributed by atoms with Crippen molar-refractivity contribution in [2.75, 3.05) is 0 Å². The normalized spacial score (nSPS) is 25.2. The first-order valence-electron chi connectivity index (χ1n) is 5.00. The molecule has 1 atom stereocenters. The second-order valence-electron chi connectivity index (χ2n) is 4.46. The zero-order chi connectivity index (χ0) is 10.2. The Labute approximate surface area is 90.0 Å². The first-order valence-corrected chi connectivity index (χ1v) is 5.38. The van der Waals surface area contributed by atoms with E-state index in [4.69, 9.17) is 16.3 Å². The summed E-state index contributed by atoms with van der Waals surface area (Å²) in [6.45, 7) is 4.27. The van der Waals surface area contributed by atoms with Gasteiger partial charge in [-0.3, -0.25) is 0 Å². The second-order valence-corrected chi connectivity index (χ2v) is 4.90. The van der Waals surface area contributed by atoms with E-state index in [0.29, 0.717) is 0 Å². The summed E-state index contributed by atoms with van der Waals surface area (Å²) in [5.74, 6) is 0. The van der Waals surface area contributed by atoms with Crippen molar-refractivity contribution in [2.24, 2.45) is 0 Å². The molecule has 0 saturated carbocycles. The van der Waals surface area contributed by atoms with Gasteiger partial charge in [-0.15, -0.1) is 0 Å². The van der Waals surface area contributed by atoms with Crippen molar-refractivity contribution in [1.82, 2.24) is 0 Å². The summed E-state index contributed by atoms with van der Waals surface area (Å²) in [7, 11) is 0. The lowest BCUT2D eigenvalue weighted by Crippen LogP contribution is -2.17. The summed E-state index contributed by atoms with van der Waals surface area (Å²) >= 11 is 5.94. The highest BCUT2D eigenvalue weighted by molar-refractivity contribution is 6.30. The van der Waals surface area contributed by atoms with Crippen LogP contribution in [0.4, 0.5) is 0 Å². The largest absolute Gasteiger partial charge is 0.368 e. The molecule has 76 valence electrons. The van der Waals surface area contributed by atoms with Crippen molar-refractivity contribution < 1.29 is 4.74 Å². The van der Waals surface area contributed by atoms with Gasteiger partial charge in [0.15, 0.2) is 0 Å². The maximum Gasteiger partial charge on any atom is 0.0833 e. The van der Waals surface area contributed by atoms with Crippen molar-refractivity contribution in [3.05, 3.63) is 34.9 Å². The Hall–Kier alpha value is -0.530. The Kier molecular flexibility index (Phi) is 2.54. The van der Waals surface area contributed by atoms with Gasteiger partial charge in [-0.25, -0.2) is 0 Å². The number of rotatable bonds is 1. The van der Waals surface area contributed by atoms with Gasteiger partial charge in [-0.2, -0.15) is 0 Å². The Balaban J connectivity index is 2.17. The van der Waals surface area contributed by atoms with Crippen molar-refractivity contribution in [3.8, 4) is 0 Å². The van der Waals surface area contributed by atoms with Crippen LogP contribution in [0.15, 0.2) is 24.3 Å². The molecule has 14 heavy (non-hydrogen) atoms. The van der Waals surface area contributed by atoms with Crippen LogP contribution in [0.1, 0.15) is 38.4 Å². The fourth-order valence-electron chi connectivity index (χ4n) is 1.92. The van der Waals surface area contributed by atoms with Crippen LogP contribution in [0, 0.1) is 0 Å². The van der Waals surface area contributed by atoms with E-state index in [9.17, 15) is 0 Å². The molecule has 1 fully saturated rings. The van der Waals surface area contributed by atoms with Crippen molar-refractivity contribution in [2.45, 2.75) is 38.4 Å². The SMILES string of the molecule is CC1(C)CCC(c2cccc(Cl)c2)O1. The van der Waals surface area contributed by atoms with Gasteiger partial charge < -0.3 is 4.74 Å². The van der Waals surface area contributed by atoms with Gasteiger partial charge in [0.1, 0.15) is 0 Å². The van der Waals surface area contributed by atoms with E-state index in [-0.39, 0.29) is 11.7 Å². The molecule has 1 aromatic rings. The molecule has 2 heteroatoms. The van der Waals surface area contributed by atoms with E-state index in [0.717, 1.165) is 17.9 Å². The highest BCUT2D eigenvalue weighted by Crippen LogP contribution is 2.39. The zero-order valence-electron chi connectivity index (χ0n) is 8.59. The van der Waals surface area contributed by atoms with Crippen LogP contribution in [0.25, 0.3) is 0 Å². The van der Waals surface area contributed by atoms with Crippen molar-refractivity contribution in [3.63, 3.8) is 0 Å². The quantitative estimate of drug-likeness (QED) is 0.682. The Morgan fingerprint density at radius 2 is 2.21 bits per heavy atom. The Morgan fingerprint density at radius 3 is 2.79 bits per heavy atom. The summed E-state index contributed by atoms with van der Waals surface area (Å²) in [6, 6.07) is 7.95. The first-order chi connectivity index (χ1) is 6.57. The zero-order valence-corrected chi connectivity index (χ0v) is 9.34. The Morgan fingerprint density at radius 1 is 1.43 bits per heavy atom. The summed E-state index contributed by atoms with van der Waals surface area (Å²) in [4.78, 5) is 0. The molecule has 1 unspecified atom stereocenters. The predicted octanol–water partition coefficient (Wildman–Crippen LogP) is 3.97. The van der Waals surface area contributed by atoms with Crippen molar-refractivity contribution >= 4 is 11.6 Å². The number of halogens is 1. The van der Waals surface area contributed by atoms with Crippen LogP contribution in [0.3, 0.4) is 0 Å². The van der Waals surface area contributed by atoms with Crippen LogP contribution < -0.4 is 0 Å². The molecule has 1 heterocycles. The van der Waals surface area contributed by atoms with Crippen LogP contribution in [-0.2, 0) is 4.74 Å². The van der Waals surface area contributed by atoms with Crippen LogP contribution in [0.2, 0.25) is 5.02 Å². The van der Waals surface area contributed by atoms with E-state index in [1.807, 2.05) is 18.2 Å². The minimum Gasteiger partial charge on any atom is -0.368 e. The molecule has 1 saturated heterocycles. The summed E-state index contributed by atoms with van der Waals surface area (Å²) in [5.41, 5.74) is 1.22. The van der Waals surface area contributed by atoms with Gasteiger partial charge in [-0.05, 0) is 44.4 Å². The molecule has 1 aromatic carbocycles. The van der Waals surface area contributed by atoms with E-state index >= 15 is 0 Å². The van der Waals surface area contributed by atoms with Gasteiger partial charge in [0.05, 0.1) is 11.7 Å². The van der Waals surface area contributed by atoms with Crippen LogP contribution in [0.5, 0.6) is 0 Å². The molecule has 1 aliphatic heterocycles. The second kappa shape index (κ2) is 3.56. The summed E-state index contributed by atoms with van der Waals surface area (Å²) in [6.07, 6.45) is 2.43. The molecule has 0 amide bonds. The van der Waals surface area contributed by atoms with Gasteiger partial charge in [0.2, 0.25) is 0 Å². The molecule has 0 bridgehead atoms. The van der Waals surface area contributed by atoms with Crippen LogP contribution >= 0.6 is 11.6 Å².